The molecule has 1 fully saturated rings. The molecule has 31 heavy (non-hydrogen) atoms. The van der Waals surface area contributed by atoms with Gasteiger partial charge < -0.3 is 15.0 Å². The second kappa shape index (κ2) is 9.92. The van der Waals surface area contributed by atoms with Crippen molar-refractivity contribution in [2.75, 3.05) is 25.0 Å². The first-order valence-electron chi connectivity index (χ1n) is 10.2. The van der Waals surface area contributed by atoms with Gasteiger partial charge in [0.2, 0.25) is 0 Å². The second-order valence-electron chi connectivity index (χ2n) is 7.36. The lowest BCUT2D eigenvalue weighted by Crippen LogP contribution is -2.41. The predicted molar refractivity (Wildman–Crippen MR) is 112 cm³/mol. The third-order valence-electron chi connectivity index (χ3n) is 5.20. The van der Waals surface area contributed by atoms with Gasteiger partial charge in [-0.1, -0.05) is 12.1 Å². The Morgan fingerprint density at radius 2 is 1.97 bits per heavy atom. The highest BCUT2D eigenvalue weighted by Crippen LogP contribution is 2.22. The van der Waals surface area contributed by atoms with E-state index in [1.165, 1.54) is 18.5 Å². The average molecular weight is 422 g/mol. The van der Waals surface area contributed by atoms with Crippen LogP contribution in [0.15, 0.2) is 55.2 Å². The van der Waals surface area contributed by atoms with Crippen molar-refractivity contribution in [1.82, 2.24) is 24.8 Å². The maximum Gasteiger partial charge on any atom is 0.260 e. The molecule has 1 aliphatic heterocycles. The molecule has 8 nitrogen and oxygen atoms in total. The fourth-order valence-electron chi connectivity index (χ4n) is 3.55. The number of anilines is 2. The van der Waals surface area contributed by atoms with Crippen LogP contribution in [-0.2, 0) is 11.2 Å². The van der Waals surface area contributed by atoms with Crippen LogP contribution in [0, 0.1) is 11.7 Å². The maximum absolute atomic E-state index is 13.6. The average Bonchev–Trinajstić information content (AvgIpc) is 2.80. The summed E-state index contributed by atoms with van der Waals surface area (Å²) < 4.78 is 19.0. The smallest absolute Gasteiger partial charge is 0.260 e. The van der Waals surface area contributed by atoms with Gasteiger partial charge in [0.25, 0.3) is 5.91 Å². The zero-order chi connectivity index (χ0) is 21.5. The number of hydrogen-bond donors (Lipinski definition) is 1. The van der Waals surface area contributed by atoms with Gasteiger partial charge in [0.15, 0.2) is 18.2 Å². The molecule has 3 heterocycles. The number of carbonyl (C=O) groups is 1. The van der Waals surface area contributed by atoms with Gasteiger partial charge in [0.1, 0.15) is 18.0 Å². The topological polar surface area (TPSA) is 93.1 Å². The monoisotopic (exact) mass is 422 g/mol. The molecule has 160 valence electrons. The summed E-state index contributed by atoms with van der Waals surface area (Å²) in [5, 5.41) is 3.12. The van der Waals surface area contributed by atoms with Crippen molar-refractivity contribution >= 4 is 17.5 Å². The Bertz CT molecular complexity index is 1010. The number of para-hydroxylation sites is 1. The summed E-state index contributed by atoms with van der Waals surface area (Å²) in [5.41, 5.74) is 0.939. The van der Waals surface area contributed by atoms with Gasteiger partial charge in [-0.25, -0.2) is 19.3 Å². The van der Waals surface area contributed by atoms with Crippen molar-refractivity contribution in [2.45, 2.75) is 19.3 Å². The number of hydrogen-bond acceptors (Lipinski definition) is 7. The lowest BCUT2D eigenvalue weighted by molar-refractivity contribution is -0.134. The van der Waals surface area contributed by atoms with Gasteiger partial charge in [-0.15, -0.1) is 0 Å². The first-order valence-corrected chi connectivity index (χ1v) is 10.2. The molecule has 0 aliphatic carbocycles. The molecule has 0 spiro atoms. The molecule has 3 aromatic rings. The van der Waals surface area contributed by atoms with Gasteiger partial charge in [-0.05, 0) is 37.3 Å². The molecule has 0 saturated carbocycles. The predicted octanol–water partition coefficient (Wildman–Crippen LogP) is 3.01. The second-order valence-corrected chi connectivity index (χ2v) is 7.36. The molecule has 9 heteroatoms. The zero-order valence-electron chi connectivity index (χ0n) is 16.9. The molecule has 1 amide bonds. The van der Waals surface area contributed by atoms with Gasteiger partial charge in [-0.2, -0.15) is 0 Å². The molecule has 0 atom stereocenters. The van der Waals surface area contributed by atoms with Crippen molar-refractivity contribution in [3.8, 4) is 5.75 Å². The van der Waals surface area contributed by atoms with E-state index < -0.39 is 5.82 Å². The quantitative estimate of drug-likeness (QED) is 0.626. The van der Waals surface area contributed by atoms with E-state index in [0.29, 0.717) is 30.6 Å². The Kier molecular flexibility index (Phi) is 6.61. The SMILES string of the molecule is O=C(COc1ccccc1F)N1CCC(Cc2cc(Nc3cnccn3)ncn2)CC1. The van der Waals surface area contributed by atoms with E-state index >= 15 is 0 Å². The fraction of sp³-hybridized carbons (Fsp3) is 0.318. The Labute approximate surface area is 179 Å². The number of benzene rings is 1. The van der Waals surface area contributed by atoms with Gasteiger partial charge >= 0.3 is 0 Å². The lowest BCUT2D eigenvalue weighted by atomic mass is 9.92. The number of ether oxygens (including phenoxy) is 1. The number of halogens is 1. The molecular weight excluding hydrogens is 399 g/mol. The Morgan fingerprint density at radius 1 is 1.13 bits per heavy atom. The minimum atomic E-state index is -0.466. The van der Waals surface area contributed by atoms with E-state index in [1.807, 2.05) is 6.07 Å². The van der Waals surface area contributed by atoms with E-state index in [4.69, 9.17) is 4.74 Å². The number of nitrogens with zero attached hydrogens (tertiary/aromatic N) is 5. The number of piperidine rings is 1. The standard InChI is InChI=1S/C22H23FN6O2/c23-18-3-1-2-4-19(18)31-14-22(30)29-9-5-16(6-10-29)11-17-12-20(27-15-26-17)28-21-13-24-7-8-25-21/h1-4,7-8,12-13,15-16H,5-6,9-11,14H2,(H,25,26,27,28). The molecule has 1 N–H and O–H groups in total. The molecule has 1 aromatic carbocycles. The summed E-state index contributed by atoms with van der Waals surface area (Å²) in [5.74, 6) is 1.22. The summed E-state index contributed by atoms with van der Waals surface area (Å²) in [4.78, 5) is 31.0. The number of rotatable bonds is 7. The molecule has 2 aromatic heterocycles. The van der Waals surface area contributed by atoms with Crippen molar-refractivity contribution in [1.29, 1.82) is 0 Å². The third kappa shape index (κ3) is 5.71. The third-order valence-corrected chi connectivity index (χ3v) is 5.20. The van der Waals surface area contributed by atoms with Gasteiger partial charge in [0, 0.05) is 37.2 Å². The molecule has 0 bridgehead atoms. The fourth-order valence-corrected chi connectivity index (χ4v) is 3.55. The number of carbonyl (C=O) groups excluding carboxylic acids is 1. The van der Waals surface area contributed by atoms with E-state index in [0.717, 1.165) is 25.0 Å². The van der Waals surface area contributed by atoms with Crippen LogP contribution in [0.3, 0.4) is 0 Å². The highest BCUT2D eigenvalue weighted by molar-refractivity contribution is 5.77. The van der Waals surface area contributed by atoms with Crippen molar-refractivity contribution in [3.05, 3.63) is 66.8 Å². The van der Waals surface area contributed by atoms with E-state index in [-0.39, 0.29) is 18.3 Å². The van der Waals surface area contributed by atoms with Crippen LogP contribution in [0.25, 0.3) is 0 Å². The Balaban J connectivity index is 1.25. The highest BCUT2D eigenvalue weighted by Gasteiger charge is 2.24. The van der Waals surface area contributed by atoms with Crippen LogP contribution in [0.1, 0.15) is 18.5 Å². The van der Waals surface area contributed by atoms with Crippen molar-refractivity contribution < 1.29 is 13.9 Å². The van der Waals surface area contributed by atoms with Gasteiger partial charge in [0.05, 0.1) is 6.20 Å². The molecule has 1 saturated heterocycles. The van der Waals surface area contributed by atoms with E-state index in [2.05, 4.69) is 25.3 Å². The normalized spacial score (nSPS) is 14.3. The Hall–Kier alpha value is -3.62. The van der Waals surface area contributed by atoms with Crippen molar-refractivity contribution in [3.63, 3.8) is 0 Å². The van der Waals surface area contributed by atoms with Crippen molar-refractivity contribution in [2.24, 2.45) is 5.92 Å². The van der Waals surface area contributed by atoms with Crippen LogP contribution >= 0.6 is 0 Å². The van der Waals surface area contributed by atoms with Crippen LogP contribution in [0.4, 0.5) is 16.0 Å². The first kappa shape index (κ1) is 20.6. The largest absolute Gasteiger partial charge is 0.481 e. The summed E-state index contributed by atoms with van der Waals surface area (Å²) in [6, 6.07) is 8.00. The van der Waals surface area contributed by atoms with Crippen LogP contribution in [0.5, 0.6) is 5.75 Å². The first-order chi connectivity index (χ1) is 15.2. The molecular formula is C22H23FN6O2. The number of amides is 1. The molecule has 0 unspecified atom stereocenters. The minimum Gasteiger partial charge on any atom is -0.481 e. The molecule has 0 radical (unpaired) electrons. The maximum atomic E-state index is 13.6. The van der Waals surface area contributed by atoms with Gasteiger partial charge in [-0.3, -0.25) is 9.78 Å². The summed E-state index contributed by atoms with van der Waals surface area (Å²) >= 11 is 0. The van der Waals surface area contributed by atoms with Crippen LogP contribution in [0.2, 0.25) is 0 Å². The lowest BCUT2D eigenvalue weighted by Gasteiger charge is -2.31. The Morgan fingerprint density at radius 3 is 2.74 bits per heavy atom. The van der Waals surface area contributed by atoms with Crippen LogP contribution < -0.4 is 10.1 Å². The molecule has 4 rings (SSSR count). The van der Waals surface area contributed by atoms with E-state index in [1.54, 1.807) is 35.6 Å². The summed E-state index contributed by atoms with van der Waals surface area (Å²) in [6.07, 6.45) is 8.95. The summed E-state index contributed by atoms with van der Waals surface area (Å²) in [6.45, 7) is 1.15. The number of aromatic nitrogens is 4. The van der Waals surface area contributed by atoms with Crippen LogP contribution in [-0.4, -0.2) is 50.4 Å². The summed E-state index contributed by atoms with van der Waals surface area (Å²) in [7, 11) is 0. The minimum absolute atomic E-state index is 0.0976. The van der Waals surface area contributed by atoms with E-state index in [9.17, 15) is 9.18 Å². The number of nitrogens with one attached hydrogen (secondary N) is 1. The highest BCUT2D eigenvalue weighted by atomic mass is 19.1. The number of likely N-dealkylation sites (tertiary alicyclic amines) is 1. The zero-order valence-corrected chi connectivity index (χ0v) is 16.9. The molecule has 1 aliphatic rings.